The van der Waals surface area contributed by atoms with E-state index >= 15 is 0 Å². The topological polar surface area (TPSA) is 53.0 Å². The summed E-state index contributed by atoms with van der Waals surface area (Å²) in [6, 6.07) is 0. The van der Waals surface area contributed by atoms with Gasteiger partial charge < -0.3 is 14.9 Å². The Morgan fingerprint density at radius 3 is 2.80 bits per heavy atom. The van der Waals surface area contributed by atoms with Crippen molar-refractivity contribution in [3.63, 3.8) is 0 Å². The first-order valence-corrected chi connectivity index (χ1v) is 3.40. The van der Waals surface area contributed by atoms with Gasteiger partial charge in [-0.2, -0.15) is 0 Å². The molecule has 1 aliphatic carbocycles. The van der Waals surface area contributed by atoms with Gasteiger partial charge in [0.15, 0.2) is 0 Å². The monoisotopic (exact) mass is 142 g/mol. The van der Waals surface area contributed by atoms with Gasteiger partial charge in [0, 0.05) is 0 Å². The number of epoxide rings is 1. The normalized spacial score (nSPS) is 51.7. The summed E-state index contributed by atoms with van der Waals surface area (Å²) in [5.41, 5.74) is 0.811. The Balaban J connectivity index is 2.22. The molecule has 0 bridgehead atoms. The van der Waals surface area contributed by atoms with Crippen LogP contribution < -0.4 is 0 Å². The molecule has 0 unspecified atom stereocenters. The smallest absolute Gasteiger partial charge is 0.117 e. The molecule has 1 fully saturated rings. The van der Waals surface area contributed by atoms with Gasteiger partial charge in [0.25, 0.3) is 0 Å². The van der Waals surface area contributed by atoms with Crippen LogP contribution in [0.5, 0.6) is 0 Å². The van der Waals surface area contributed by atoms with E-state index < -0.39 is 12.2 Å². The minimum atomic E-state index is -0.506. The highest BCUT2D eigenvalue weighted by molar-refractivity contribution is 5.22. The number of aliphatic hydroxyl groups is 2. The van der Waals surface area contributed by atoms with Crippen molar-refractivity contribution in [3.8, 4) is 0 Å². The summed E-state index contributed by atoms with van der Waals surface area (Å²) >= 11 is 0. The zero-order valence-electron chi connectivity index (χ0n) is 5.69. The van der Waals surface area contributed by atoms with E-state index in [0.717, 1.165) is 5.57 Å². The number of hydrogen-bond acceptors (Lipinski definition) is 3. The van der Waals surface area contributed by atoms with E-state index in [1.807, 2.05) is 0 Å². The van der Waals surface area contributed by atoms with Gasteiger partial charge in [0.1, 0.15) is 24.4 Å². The van der Waals surface area contributed by atoms with Gasteiger partial charge in [-0.05, 0) is 12.5 Å². The Morgan fingerprint density at radius 1 is 1.40 bits per heavy atom. The average Bonchev–Trinajstić information content (AvgIpc) is 2.61. The maximum absolute atomic E-state index is 9.30. The van der Waals surface area contributed by atoms with Crippen molar-refractivity contribution < 1.29 is 14.9 Å². The van der Waals surface area contributed by atoms with E-state index in [2.05, 4.69) is 0 Å². The third kappa shape index (κ3) is 0.714. The minimum Gasteiger partial charge on any atom is -0.386 e. The van der Waals surface area contributed by atoms with E-state index in [0.29, 0.717) is 0 Å². The number of fused-ring (bicyclic) bond motifs is 1. The predicted molar refractivity (Wildman–Crippen MR) is 34.4 cm³/mol. The van der Waals surface area contributed by atoms with Crippen molar-refractivity contribution >= 4 is 0 Å². The summed E-state index contributed by atoms with van der Waals surface area (Å²) in [5.74, 6) is 0. The van der Waals surface area contributed by atoms with Gasteiger partial charge in [-0.25, -0.2) is 0 Å². The van der Waals surface area contributed by atoms with Crippen molar-refractivity contribution in [1.29, 1.82) is 0 Å². The summed E-state index contributed by atoms with van der Waals surface area (Å²) in [7, 11) is 0. The van der Waals surface area contributed by atoms with Crippen LogP contribution in [0.15, 0.2) is 11.6 Å². The summed E-state index contributed by atoms with van der Waals surface area (Å²) in [6.45, 7) is 1.80. The van der Waals surface area contributed by atoms with Crippen molar-refractivity contribution in [2.75, 3.05) is 0 Å². The second-order valence-corrected chi connectivity index (χ2v) is 2.91. The fourth-order valence-corrected chi connectivity index (χ4v) is 1.39. The molecule has 1 saturated heterocycles. The Labute approximate surface area is 58.9 Å². The average molecular weight is 142 g/mol. The summed E-state index contributed by atoms with van der Waals surface area (Å²) < 4.78 is 5.02. The van der Waals surface area contributed by atoms with E-state index in [1.54, 1.807) is 13.0 Å². The molecule has 0 saturated carbocycles. The first-order valence-electron chi connectivity index (χ1n) is 3.40. The molecule has 56 valence electrons. The lowest BCUT2D eigenvalue weighted by molar-refractivity contribution is 0.163. The molecule has 3 heteroatoms. The van der Waals surface area contributed by atoms with Crippen LogP contribution in [0.25, 0.3) is 0 Å². The molecule has 2 aliphatic rings. The van der Waals surface area contributed by atoms with Crippen LogP contribution in [0.4, 0.5) is 0 Å². The standard InChI is InChI=1S/C7H10O3/c1-3-2-4(8)6-7(10-6)5(3)9/h2,4-9H,1H3/t4-,5+,6+,7-/m0/s1. The van der Waals surface area contributed by atoms with Gasteiger partial charge >= 0.3 is 0 Å². The number of ether oxygens (including phenoxy) is 1. The molecule has 0 aromatic rings. The highest BCUT2D eigenvalue weighted by atomic mass is 16.6. The Hall–Kier alpha value is -0.380. The first kappa shape index (κ1) is 6.34. The van der Waals surface area contributed by atoms with Crippen molar-refractivity contribution in [3.05, 3.63) is 11.6 Å². The molecule has 10 heavy (non-hydrogen) atoms. The van der Waals surface area contributed by atoms with E-state index in [1.165, 1.54) is 0 Å². The predicted octanol–water partition coefficient (Wildman–Crippen LogP) is -0.565. The van der Waals surface area contributed by atoms with E-state index in [4.69, 9.17) is 4.74 Å². The lowest BCUT2D eigenvalue weighted by Gasteiger charge is -2.15. The molecule has 2 rings (SSSR count). The summed E-state index contributed by atoms with van der Waals surface area (Å²) in [6.07, 6.45) is 0.374. The zero-order chi connectivity index (χ0) is 7.30. The third-order valence-electron chi connectivity index (χ3n) is 2.11. The van der Waals surface area contributed by atoms with Crippen LogP contribution in [0.1, 0.15) is 6.92 Å². The quantitative estimate of drug-likeness (QED) is 0.352. The molecule has 4 atom stereocenters. The van der Waals surface area contributed by atoms with Crippen LogP contribution in [-0.2, 0) is 4.74 Å². The highest BCUT2D eigenvalue weighted by Crippen LogP contribution is 2.36. The van der Waals surface area contributed by atoms with Gasteiger partial charge in [0.2, 0.25) is 0 Å². The Morgan fingerprint density at radius 2 is 2.10 bits per heavy atom. The van der Waals surface area contributed by atoms with Gasteiger partial charge in [-0.1, -0.05) is 6.08 Å². The van der Waals surface area contributed by atoms with Crippen molar-refractivity contribution in [2.24, 2.45) is 0 Å². The Kier molecular flexibility index (Phi) is 1.15. The molecule has 3 nitrogen and oxygen atoms in total. The fourth-order valence-electron chi connectivity index (χ4n) is 1.39. The van der Waals surface area contributed by atoms with Crippen molar-refractivity contribution in [1.82, 2.24) is 0 Å². The minimum absolute atomic E-state index is 0.139. The molecule has 0 aromatic carbocycles. The van der Waals surface area contributed by atoms with Crippen LogP contribution in [0.2, 0.25) is 0 Å². The molecule has 0 radical (unpaired) electrons. The molecular formula is C7H10O3. The van der Waals surface area contributed by atoms with Gasteiger partial charge in [-0.15, -0.1) is 0 Å². The number of rotatable bonds is 0. The number of aliphatic hydroxyl groups excluding tert-OH is 2. The van der Waals surface area contributed by atoms with E-state index in [9.17, 15) is 10.2 Å². The van der Waals surface area contributed by atoms with E-state index in [-0.39, 0.29) is 12.2 Å². The molecule has 1 aliphatic heterocycles. The summed E-state index contributed by atoms with van der Waals surface area (Å²) in [4.78, 5) is 0. The SMILES string of the molecule is CC1=C[C@H](O)[C@H]2O[C@H]2[C@@H]1O. The van der Waals surface area contributed by atoms with Crippen LogP contribution >= 0.6 is 0 Å². The second kappa shape index (κ2) is 1.81. The van der Waals surface area contributed by atoms with Crippen LogP contribution in [0, 0.1) is 0 Å². The largest absolute Gasteiger partial charge is 0.386 e. The third-order valence-corrected chi connectivity index (χ3v) is 2.11. The second-order valence-electron chi connectivity index (χ2n) is 2.91. The maximum atomic E-state index is 9.30. The van der Waals surface area contributed by atoms with Crippen LogP contribution in [0.3, 0.4) is 0 Å². The number of hydrogen-bond donors (Lipinski definition) is 2. The molecule has 0 amide bonds. The molecule has 0 spiro atoms. The molecule has 1 heterocycles. The lowest BCUT2D eigenvalue weighted by atomic mass is 9.96. The van der Waals surface area contributed by atoms with Gasteiger partial charge in [0.05, 0.1) is 0 Å². The van der Waals surface area contributed by atoms with Crippen molar-refractivity contribution in [2.45, 2.75) is 31.3 Å². The molecule has 2 N–H and O–H groups in total. The maximum Gasteiger partial charge on any atom is 0.117 e. The fraction of sp³-hybridized carbons (Fsp3) is 0.714. The van der Waals surface area contributed by atoms with Crippen LogP contribution in [-0.4, -0.2) is 34.6 Å². The van der Waals surface area contributed by atoms with Gasteiger partial charge in [-0.3, -0.25) is 0 Å². The highest BCUT2D eigenvalue weighted by Gasteiger charge is 2.51. The Bertz CT molecular complexity index is 187. The molecular weight excluding hydrogens is 132 g/mol. The first-order chi connectivity index (χ1) is 4.70. The molecule has 0 aromatic heterocycles. The zero-order valence-corrected chi connectivity index (χ0v) is 5.69. The lowest BCUT2D eigenvalue weighted by Crippen LogP contribution is -2.29. The summed E-state index contributed by atoms with van der Waals surface area (Å²) in [5, 5.41) is 18.5.